The SMILES string of the molecule is O=C(CCc1nnc(C2CCCN2)o1)c1nc2ncccc2[nH]1. The van der Waals surface area contributed by atoms with Gasteiger partial charge in [-0.3, -0.25) is 4.79 Å². The minimum atomic E-state index is -0.0956. The number of hydrogen-bond acceptors (Lipinski definition) is 7. The number of carbonyl (C=O) groups excluding carboxylic acids is 1. The molecule has 0 radical (unpaired) electrons. The van der Waals surface area contributed by atoms with Crippen LogP contribution in [0.4, 0.5) is 0 Å². The van der Waals surface area contributed by atoms with Crippen LogP contribution in [0.2, 0.25) is 0 Å². The Labute approximate surface area is 131 Å². The first-order valence-electron chi connectivity index (χ1n) is 7.69. The minimum Gasteiger partial charge on any atom is -0.424 e. The minimum absolute atomic E-state index is 0.0956. The summed E-state index contributed by atoms with van der Waals surface area (Å²) < 4.78 is 5.63. The second-order valence-corrected chi connectivity index (χ2v) is 5.57. The van der Waals surface area contributed by atoms with Gasteiger partial charge in [0.15, 0.2) is 17.3 Å². The number of imidazole rings is 1. The van der Waals surface area contributed by atoms with Crippen molar-refractivity contribution in [1.82, 2.24) is 30.5 Å². The lowest BCUT2D eigenvalue weighted by atomic mass is 10.2. The van der Waals surface area contributed by atoms with Crippen molar-refractivity contribution in [2.24, 2.45) is 0 Å². The zero-order valence-electron chi connectivity index (χ0n) is 12.5. The number of nitrogens with one attached hydrogen (secondary N) is 2. The maximum absolute atomic E-state index is 12.2. The molecule has 23 heavy (non-hydrogen) atoms. The second-order valence-electron chi connectivity index (χ2n) is 5.57. The van der Waals surface area contributed by atoms with E-state index >= 15 is 0 Å². The molecule has 118 valence electrons. The molecule has 3 aromatic heterocycles. The van der Waals surface area contributed by atoms with Gasteiger partial charge in [-0.2, -0.15) is 0 Å². The van der Waals surface area contributed by atoms with Crippen molar-refractivity contribution >= 4 is 16.9 Å². The number of aromatic nitrogens is 5. The molecule has 4 heterocycles. The van der Waals surface area contributed by atoms with Crippen LogP contribution in [0.15, 0.2) is 22.7 Å². The fourth-order valence-electron chi connectivity index (χ4n) is 2.72. The van der Waals surface area contributed by atoms with Gasteiger partial charge in [0.1, 0.15) is 0 Å². The fraction of sp³-hybridized carbons (Fsp3) is 0.400. The van der Waals surface area contributed by atoms with E-state index in [9.17, 15) is 4.79 Å². The smallest absolute Gasteiger partial charge is 0.233 e. The quantitative estimate of drug-likeness (QED) is 0.688. The van der Waals surface area contributed by atoms with Crippen LogP contribution in [-0.2, 0) is 6.42 Å². The molecular formula is C15H16N6O2. The number of carbonyl (C=O) groups is 1. The first kappa shape index (κ1) is 14.0. The summed E-state index contributed by atoms with van der Waals surface area (Å²) in [5, 5.41) is 11.4. The van der Waals surface area contributed by atoms with Crippen LogP contribution in [0.25, 0.3) is 11.2 Å². The Morgan fingerprint density at radius 2 is 2.35 bits per heavy atom. The monoisotopic (exact) mass is 312 g/mol. The van der Waals surface area contributed by atoms with Crippen LogP contribution >= 0.6 is 0 Å². The van der Waals surface area contributed by atoms with Gasteiger partial charge in [0.2, 0.25) is 11.8 Å². The van der Waals surface area contributed by atoms with Crippen LogP contribution in [-0.4, -0.2) is 37.5 Å². The summed E-state index contributed by atoms with van der Waals surface area (Å²) in [4.78, 5) is 23.5. The van der Waals surface area contributed by atoms with Crippen molar-refractivity contribution in [2.45, 2.75) is 31.7 Å². The number of hydrogen-bond donors (Lipinski definition) is 2. The molecule has 3 aromatic rings. The van der Waals surface area contributed by atoms with Gasteiger partial charge < -0.3 is 14.7 Å². The van der Waals surface area contributed by atoms with Crippen molar-refractivity contribution in [1.29, 1.82) is 0 Å². The third kappa shape index (κ3) is 2.85. The first-order chi connectivity index (χ1) is 11.3. The molecule has 4 rings (SSSR count). The van der Waals surface area contributed by atoms with Crippen molar-refractivity contribution < 1.29 is 9.21 Å². The average molecular weight is 312 g/mol. The van der Waals surface area contributed by atoms with Gasteiger partial charge in [0.25, 0.3) is 0 Å². The van der Waals surface area contributed by atoms with Gasteiger partial charge in [0, 0.05) is 19.0 Å². The van der Waals surface area contributed by atoms with Crippen molar-refractivity contribution in [3.63, 3.8) is 0 Å². The predicted molar refractivity (Wildman–Crippen MR) is 80.8 cm³/mol. The standard InChI is InChI=1S/C15H16N6O2/c22-11(14-18-9-3-1-8-17-13(9)19-14)5-6-12-20-21-15(23-12)10-4-2-7-16-10/h1,3,8,10,16H,2,4-7H2,(H,17,18,19). The summed E-state index contributed by atoms with van der Waals surface area (Å²) >= 11 is 0. The highest BCUT2D eigenvalue weighted by Gasteiger charge is 2.22. The molecule has 1 aliphatic heterocycles. The number of rotatable bonds is 5. The van der Waals surface area contributed by atoms with Gasteiger partial charge in [-0.15, -0.1) is 10.2 Å². The molecule has 1 fully saturated rings. The molecule has 0 bridgehead atoms. The Morgan fingerprint density at radius 3 is 3.17 bits per heavy atom. The molecule has 1 aliphatic rings. The van der Waals surface area contributed by atoms with E-state index in [-0.39, 0.29) is 18.2 Å². The van der Waals surface area contributed by atoms with Crippen molar-refractivity contribution in [3.8, 4) is 0 Å². The second kappa shape index (κ2) is 5.88. The highest BCUT2D eigenvalue weighted by molar-refractivity contribution is 5.95. The topological polar surface area (TPSA) is 110 Å². The van der Waals surface area contributed by atoms with Crippen molar-refractivity contribution in [3.05, 3.63) is 35.9 Å². The Balaban J connectivity index is 1.41. The van der Waals surface area contributed by atoms with E-state index in [1.807, 2.05) is 6.07 Å². The summed E-state index contributed by atoms with van der Waals surface area (Å²) in [6.07, 6.45) is 4.44. The number of ketones is 1. The number of H-pyrrole nitrogens is 1. The number of aryl methyl sites for hydroxylation is 1. The van der Waals surface area contributed by atoms with Gasteiger partial charge in [0.05, 0.1) is 11.6 Å². The van der Waals surface area contributed by atoms with Gasteiger partial charge >= 0.3 is 0 Å². The summed E-state index contributed by atoms with van der Waals surface area (Å²) in [6, 6.07) is 3.78. The Bertz CT molecular complexity index is 800. The average Bonchev–Trinajstić information content (AvgIpc) is 3.31. The third-order valence-corrected chi connectivity index (χ3v) is 3.93. The Hall–Kier alpha value is -2.61. The van der Waals surface area contributed by atoms with Gasteiger partial charge in [-0.05, 0) is 31.5 Å². The molecule has 0 spiro atoms. The number of Topliss-reactive ketones (excluding diaryl/α,β-unsaturated/α-hetero) is 1. The zero-order chi connectivity index (χ0) is 15.6. The van der Waals surface area contributed by atoms with E-state index in [0.717, 1.165) is 24.9 Å². The van der Waals surface area contributed by atoms with Gasteiger partial charge in [-0.1, -0.05) is 0 Å². The van der Waals surface area contributed by atoms with Crippen LogP contribution in [0.3, 0.4) is 0 Å². The molecule has 1 atom stereocenters. The van der Waals surface area contributed by atoms with Crippen LogP contribution in [0.5, 0.6) is 0 Å². The number of aromatic amines is 1. The first-order valence-corrected chi connectivity index (χ1v) is 7.69. The zero-order valence-corrected chi connectivity index (χ0v) is 12.5. The summed E-state index contributed by atoms with van der Waals surface area (Å²) in [5.74, 6) is 1.31. The molecule has 8 nitrogen and oxygen atoms in total. The molecule has 0 amide bonds. The Morgan fingerprint density at radius 1 is 1.39 bits per heavy atom. The van der Waals surface area contributed by atoms with Crippen LogP contribution < -0.4 is 5.32 Å². The largest absolute Gasteiger partial charge is 0.424 e. The molecule has 2 N–H and O–H groups in total. The van der Waals surface area contributed by atoms with Crippen molar-refractivity contribution in [2.75, 3.05) is 6.54 Å². The van der Waals surface area contributed by atoms with Gasteiger partial charge in [-0.25, -0.2) is 9.97 Å². The van der Waals surface area contributed by atoms with E-state index in [2.05, 4.69) is 30.5 Å². The molecule has 0 aliphatic carbocycles. The van der Waals surface area contributed by atoms with E-state index < -0.39 is 0 Å². The normalized spacial score (nSPS) is 17.8. The lowest BCUT2D eigenvalue weighted by Gasteiger charge is -2.02. The molecule has 0 saturated carbocycles. The van der Waals surface area contributed by atoms with E-state index in [1.165, 1.54) is 0 Å². The number of fused-ring (bicyclic) bond motifs is 1. The molecule has 1 unspecified atom stereocenters. The lowest BCUT2D eigenvalue weighted by Crippen LogP contribution is -2.12. The third-order valence-electron chi connectivity index (χ3n) is 3.93. The highest BCUT2D eigenvalue weighted by Crippen LogP contribution is 2.22. The van der Waals surface area contributed by atoms with E-state index in [0.29, 0.717) is 29.7 Å². The number of nitrogens with zero attached hydrogens (tertiary/aromatic N) is 4. The lowest BCUT2D eigenvalue weighted by molar-refractivity contribution is 0.0971. The summed E-state index contributed by atoms with van der Waals surface area (Å²) in [6.45, 7) is 0.973. The Kier molecular flexibility index (Phi) is 3.58. The molecule has 8 heteroatoms. The molecule has 1 saturated heterocycles. The highest BCUT2D eigenvalue weighted by atomic mass is 16.4. The van der Waals surface area contributed by atoms with Crippen LogP contribution in [0, 0.1) is 0 Å². The fourth-order valence-corrected chi connectivity index (χ4v) is 2.72. The maximum atomic E-state index is 12.2. The molecule has 0 aromatic carbocycles. The summed E-state index contributed by atoms with van der Waals surface area (Å²) in [5.41, 5.74) is 1.30. The van der Waals surface area contributed by atoms with E-state index in [4.69, 9.17) is 4.42 Å². The predicted octanol–water partition coefficient (Wildman–Crippen LogP) is 1.58. The van der Waals surface area contributed by atoms with E-state index in [1.54, 1.807) is 12.3 Å². The maximum Gasteiger partial charge on any atom is 0.233 e. The van der Waals surface area contributed by atoms with Crippen LogP contribution in [0.1, 0.15) is 47.7 Å². The summed E-state index contributed by atoms with van der Waals surface area (Å²) in [7, 11) is 0. The molecular weight excluding hydrogens is 296 g/mol. The number of pyridine rings is 1.